The van der Waals surface area contributed by atoms with E-state index in [1.165, 1.54) is 0 Å². The van der Waals surface area contributed by atoms with Gasteiger partial charge in [-0.15, -0.1) is 0 Å². The Morgan fingerprint density at radius 1 is 0.940 bits per heavy atom. The highest BCUT2D eigenvalue weighted by Crippen LogP contribution is 2.38. The molecule has 50 heavy (non-hydrogen) atoms. The second-order valence-corrected chi connectivity index (χ2v) is 14.5. The minimum absolute atomic E-state index is 0.0268. The minimum Gasteiger partial charge on any atom is -0.481 e. The maximum atomic E-state index is 14.9. The average molecular weight is 729 g/mol. The van der Waals surface area contributed by atoms with Gasteiger partial charge in [0, 0.05) is 88.5 Å². The first-order valence-corrected chi connectivity index (χ1v) is 18.3. The van der Waals surface area contributed by atoms with E-state index in [0.29, 0.717) is 80.3 Å². The van der Waals surface area contributed by atoms with Gasteiger partial charge >= 0.3 is 5.97 Å². The summed E-state index contributed by atoms with van der Waals surface area (Å²) in [6, 6.07) is 10.9. The average Bonchev–Trinajstić information content (AvgIpc) is 3.78. The quantitative estimate of drug-likeness (QED) is 0.235. The number of halogens is 2. The van der Waals surface area contributed by atoms with Gasteiger partial charge in [0.2, 0.25) is 5.85 Å². The Morgan fingerprint density at radius 2 is 1.62 bits per heavy atom. The fourth-order valence-corrected chi connectivity index (χ4v) is 8.23. The summed E-state index contributed by atoms with van der Waals surface area (Å²) in [6.45, 7) is 5.66. The van der Waals surface area contributed by atoms with Gasteiger partial charge in [-0.25, -0.2) is 0 Å². The lowest BCUT2D eigenvalue weighted by Crippen LogP contribution is -2.70. The molecule has 3 aliphatic rings. The number of carbonyl (C=O) groups is 3. The van der Waals surface area contributed by atoms with Gasteiger partial charge < -0.3 is 24.5 Å². The molecule has 0 bridgehead atoms. The number of nitrogens with one attached hydrogen (secondary N) is 1. The number of nitrogens with zero attached hydrogens (tertiary/aromatic N) is 4. The van der Waals surface area contributed by atoms with Gasteiger partial charge in [-0.05, 0) is 62.3 Å². The molecule has 1 aliphatic carbocycles. The van der Waals surface area contributed by atoms with Gasteiger partial charge in [0.25, 0.3) is 5.91 Å². The van der Waals surface area contributed by atoms with Crippen LogP contribution in [0.1, 0.15) is 54.4 Å². The predicted molar refractivity (Wildman–Crippen MR) is 194 cm³/mol. The Bertz CT molecular complexity index is 1690. The van der Waals surface area contributed by atoms with E-state index in [2.05, 4.69) is 20.0 Å². The van der Waals surface area contributed by atoms with Crippen molar-refractivity contribution in [1.29, 1.82) is 0 Å². The number of piperazine rings is 1. The molecule has 13 heteroatoms. The number of aryl methyl sites for hydroxylation is 1. The highest BCUT2D eigenvalue weighted by molar-refractivity contribution is 6.36. The molecule has 3 fully saturated rings. The van der Waals surface area contributed by atoms with E-state index in [1.807, 2.05) is 35.9 Å². The summed E-state index contributed by atoms with van der Waals surface area (Å²) in [7, 11) is 3.59. The molecule has 2 saturated heterocycles. The van der Waals surface area contributed by atoms with Crippen LogP contribution < -0.4 is 5.32 Å². The molecule has 1 saturated carbocycles. The number of hydrogen-bond acceptors (Lipinski definition) is 8. The fraction of sp³-hybridized carbons (Fsp3) is 0.541. The zero-order chi connectivity index (χ0) is 35.4. The molecule has 1 aromatic heterocycles. The molecular weight excluding hydrogens is 681 g/mol. The third kappa shape index (κ3) is 7.74. The van der Waals surface area contributed by atoms with Crippen molar-refractivity contribution in [2.75, 3.05) is 64.8 Å². The number of amides is 1. The second-order valence-electron chi connectivity index (χ2n) is 13.7. The van der Waals surface area contributed by atoms with Gasteiger partial charge in [0.1, 0.15) is 0 Å². The lowest BCUT2D eigenvalue weighted by atomic mass is 9.87. The SMILES string of the molecule is COCCN1CCN(C(OC2CCC(C(=O)O)CC2)(C(=O)Cc2cc(Cl)c(NC(=O)c3cn(C)c4ccccc34)cc2Cl)N2CCCC2)CC1. The molecule has 2 aromatic carbocycles. The number of anilines is 1. The largest absolute Gasteiger partial charge is 0.481 e. The Kier molecular flexibility index (Phi) is 11.8. The summed E-state index contributed by atoms with van der Waals surface area (Å²) in [5, 5.41) is 13.9. The monoisotopic (exact) mass is 727 g/mol. The van der Waals surface area contributed by atoms with Crippen LogP contribution in [0, 0.1) is 5.92 Å². The molecule has 11 nitrogen and oxygen atoms in total. The summed E-state index contributed by atoms with van der Waals surface area (Å²) < 4.78 is 14.3. The molecule has 0 radical (unpaired) electrons. The van der Waals surface area contributed by atoms with Crippen molar-refractivity contribution in [2.45, 2.75) is 56.9 Å². The van der Waals surface area contributed by atoms with Crippen molar-refractivity contribution < 1.29 is 29.0 Å². The number of aromatic nitrogens is 1. The molecular formula is C37H47Cl2N5O6. The van der Waals surface area contributed by atoms with E-state index in [1.54, 1.807) is 25.4 Å². The van der Waals surface area contributed by atoms with E-state index in [-0.39, 0.29) is 29.2 Å². The number of Topliss-reactive ketones (excluding diaryl/α,β-unsaturated/α-hetero) is 1. The first-order chi connectivity index (χ1) is 24.1. The Balaban J connectivity index is 1.26. The minimum atomic E-state index is -1.33. The summed E-state index contributed by atoms with van der Waals surface area (Å²) in [4.78, 5) is 46.8. The van der Waals surface area contributed by atoms with Crippen molar-refractivity contribution in [2.24, 2.45) is 13.0 Å². The lowest BCUT2D eigenvalue weighted by Gasteiger charge is -2.52. The number of benzene rings is 2. The Labute approximate surface area is 303 Å². The number of rotatable bonds is 13. The van der Waals surface area contributed by atoms with Gasteiger partial charge in [-0.2, -0.15) is 0 Å². The highest BCUT2D eigenvalue weighted by Gasteiger charge is 2.53. The van der Waals surface area contributed by atoms with Crippen LogP contribution in [-0.4, -0.2) is 114 Å². The van der Waals surface area contributed by atoms with Crippen LogP contribution in [0.2, 0.25) is 10.0 Å². The molecule has 3 aromatic rings. The Hall–Kier alpha value is -3.03. The van der Waals surface area contributed by atoms with E-state index in [9.17, 15) is 19.5 Å². The first kappa shape index (κ1) is 36.8. The van der Waals surface area contributed by atoms with E-state index in [0.717, 1.165) is 43.4 Å². The van der Waals surface area contributed by atoms with Crippen molar-refractivity contribution in [3.63, 3.8) is 0 Å². The van der Waals surface area contributed by atoms with Gasteiger partial charge in [0.15, 0.2) is 5.78 Å². The molecule has 1 amide bonds. The number of ketones is 1. The van der Waals surface area contributed by atoms with Crippen molar-refractivity contribution >= 4 is 57.5 Å². The number of hydrogen-bond donors (Lipinski definition) is 2. The zero-order valence-electron chi connectivity index (χ0n) is 28.8. The zero-order valence-corrected chi connectivity index (χ0v) is 30.3. The molecule has 3 heterocycles. The Morgan fingerprint density at radius 3 is 2.30 bits per heavy atom. The first-order valence-electron chi connectivity index (χ1n) is 17.6. The summed E-state index contributed by atoms with van der Waals surface area (Å²) in [5.41, 5.74) is 2.35. The topological polar surface area (TPSA) is 117 Å². The maximum absolute atomic E-state index is 14.9. The number of carbonyl (C=O) groups excluding carboxylic acids is 2. The summed E-state index contributed by atoms with van der Waals surface area (Å²) >= 11 is 13.6. The van der Waals surface area contributed by atoms with Crippen molar-refractivity contribution in [3.8, 4) is 0 Å². The summed E-state index contributed by atoms with van der Waals surface area (Å²) in [5.74, 6) is -2.94. The van der Waals surface area contributed by atoms with Crippen molar-refractivity contribution in [3.05, 3.63) is 63.8 Å². The third-order valence-corrected chi connectivity index (χ3v) is 11.2. The number of fused-ring (bicyclic) bond motifs is 1. The number of ether oxygens (including phenoxy) is 2. The molecule has 1 atom stereocenters. The lowest BCUT2D eigenvalue weighted by molar-refractivity contribution is -0.260. The molecule has 270 valence electrons. The molecule has 2 aliphatic heterocycles. The number of likely N-dealkylation sites (tertiary alicyclic amines) is 1. The number of aliphatic carboxylic acids is 1. The molecule has 0 spiro atoms. The van der Waals surface area contributed by atoms with Crippen LogP contribution in [0.3, 0.4) is 0 Å². The third-order valence-electron chi connectivity index (χ3n) is 10.5. The molecule has 6 rings (SSSR count). The van der Waals surface area contributed by atoms with Crippen LogP contribution in [-0.2, 0) is 32.5 Å². The summed E-state index contributed by atoms with van der Waals surface area (Å²) in [6.07, 6.45) is 5.59. The number of carboxylic acids is 1. The standard InChI is InChI=1S/C37H47Cl2N5O6/c1-41-24-29(28-7-3-4-8-33(28)41)35(46)40-32-23-30(38)26(21-31(32)39)22-34(45)37(43-13-5-6-14-43,44-17-15-42(16-18-44)19-20-49-2)50-27-11-9-25(10-12-27)36(47)48/h3-4,7-8,21,23-25,27H,5-6,9-20,22H2,1-2H3,(H,40,46)(H,47,48). The normalized spacial score (nSPS) is 22.1. The highest BCUT2D eigenvalue weighted by atomic mass is 35.5. The van der Waals surface area contributed by atoms with E-state index < -0.39 is 17.7 Å². The number of methoxy groups -OCH3 is 1. The molecule has 2 N–H and O–H groups in total. The number of carboxylic acid groups (broad SMARTS) is 1. The van der Waals surface area contributed by atoms with E-state index in [4.69, 9.17) is 32.7 Å². The van der Waals surface area contributed by atoms with Gasteiger partial charge in [0.05, 0.1) is 34.9 Å². The van der Waals surface area contributed by atoms with E-state index >= 15 is 0 Å². The van der Waals surface area contributed by atoms with Crippen LogP contribution >= 0.6 is 23.2 Å². The van der Waals surface area contributed by atoms with Crippen LogP contribution in [0.15, 0.2) is 42.6 Å². The van der Waals surface area contributed by atoms with Gasteiger partial charge in [-0.3, -0.25) is 29.1 Å². The molecule has 1 unspecified atom stereocenters. The maximum Gasteiger partial charge on any atom is 0.306 e. The smallest absolute Gasteiger partial charge is 0.306 e. The van der Waals surface area contributed by atoms with Gasteiger partial charge in [-0.1, -0.05) is 41.4 Å². The van der Waals surface area contributed by atoms with Crippen LogP contribution in [0.25, 0.3) is 10.9 Å². The number of para-hydroxylation sites is 1. The predicted octanol–water partition coefficient (Wildman–Crippen LogP) is 5.52. The van der Waals surface area contributed by atoms with Crippen LogP contribution in [0.5, 0.6) is 0 Å². The van der Waals surface area contributed by atoms with Crippen LogP contribution in [0.4, 0.5) is 5.69 Å². The fourth-order valence-electron chi connectivity index (χ4n) is 7.76. The van der Waals surface area contributed by atoms with Crippen molar-refractivity contribution in [1.82, 2.24) is 19.3 Å². The second kappa shape index (κ2) is 16.1.